The van der Waals surface area contributed by atoms with E-state index in [9.17, 15) is 4.79 Å². The zero-order valence-electron chi connectivity index (χ0n) is 6.87. The van der Waals surface area contributed by atoms with Crippen LogP contribution in [0.1, 0.15) is 23.0 Å². The molecule has 1 aromatic heterocycles. The average molecular weight is 165 g/mol. The van der Waals surface area contributed by atoms with E-state index >= 15 is 0 Å². The van der Waals surface area contributed by atoms with E-state index in [4.69, 9.17) is 5.84 Å². The van der Waals surface area contributed by atoms with Crippen molar-refractivity contribution in [1.29, 1.82) is 0 Å². The molecule has 64 valence electrons. The molecule has 1 amide bonds. The number of carbonyl (C=O) groups is 1. The first-order chi connectivity index (χ1) is 5.77. The molecule has 0 aromatic carbocycles. The quantitative estimate of drug-likeness (QED) is 0.375. The molecule has 1 heterocycles. The number of hydrazine groups is 1. The van der Waals surface area contributed by atoms with Crippen molar-refractivity contribution in [3.05, 3.63) is 29.6 Å². The van der Waals surface area contributed by atoms with Crippen LogP contribution in [0.4, 0.5) is 0 Å². The molecule has 0 aliphatic rings. The second-order valence-corrected chi connectivity index (χ2v) is 2.37. The Bertz CT molecular complexity index is 268. The number of pyridine rings is 1. The minimum atomic E-state index is -0.315. The molecule has 0 spiro atoms. The van der Waals surface area contributed by atoms with Crippen molar-refractivity contribution < 1.29 is 4.79 Å². The van der Waals surface area contributed by atoms with Gasteiger partial charge in [0.25, 0.3) is 5.91 Å². The molecular weight excluding hydrogens is 154 g/mol. The second kappa shape index (κ2) is 3.82. The number of nitrogens with two attached hydrogens (primary N) is 1. The third kappa shape index (κ3) is 1.79. The topological polar surface area (TPSA) is 68.0 Å². The molecule has 4 nitrogen and oxygen atoms in total. The molecule has 0 saturated carbocycles. The number of hydrogen-bond acceptors (Lipinski definition) is 3. The smallest absolute Gasteiger partial charge is 0.266 e. The van der Waals surface area contributed by atoms with E-state index < -0.39 is 0 Å². The van der Waals surface area contributed by atoms with Crippen LogP contribution < -0.4 is 11.3 Å². The number of nitrogens with one attached hydrogen (secondary N) is 1. The Hall–Kier alpha value is -1.42. The average Bonchev–Trinajstić information content (AvgIpc) is 2.17. The van der Waals surface area contributed by atoms with Crippen LogP contribution in [0.25, 0.3) is 0 Å². The minimum Gasteiger partial charge on any atom is -0.290 e. The van der Waals surface area contributed by atoms with Gasteiger partial charge in [0.05, 0.1) is 5.56 Å². The molecule has 1 rings (SSSR count). The second-order valence-electron chi connectivity index (χ2n) is 2.37. The van der Waals surface area contributed by atoms with Gasteiger partial charge in [0.1, 0.15) is 0 Å². The Morgan fingerprint density at radius 3 is 2.83 bits per heavy atom. The van der Waals surface area contributed by atoms with E-state index in [1.165, 1.54) is 6.20 Å². The van der Waals surface area contributed by atoms with E-state index in [0.29, 0.717) is 5.56 Å². The maximum absolute atomic E-state index is 10.9. The first-order valence-corrected chi connectivity index (χ1v) is 3.73. The van der Waals surface area contributed by atoms with E-state index in [1.54, 1.807) is 6.07 Å². The van der Waals surface area contributed by atoms with Gasteiger partial charge >= 0.3 is 0 Å². The maximum Gasteiger partial charge on any atom is 0.266 e. The van der Waals surface area contributed by atoms with Crippen molar-refractivity contribution in [2.24, 2.45) is 5.84 Å². The number of aryl methyl sites for hydroxylation is 1. The third-order valence-corrected chi connectivity index (χ3v) is 1.58. The predicted molar refractivity (Wildman–Crippen MR) is 45.3 cm³/mol. The number of rotatable bonds is 2. The van der Waals surface area contributed by atoms with Crippen LogP contribution >= 0.6 is 0 Å². The molecule has 0 fully saturated rings. The molecule has 0 atom stereocenters. The Kier molecular flexibility index (Phi) is 2.76. The fourth-order valence-electron chi connectivity index (χ4n) is 0.851. The van der Waals surface area contributed by atoms with E-state index in [0.717, 1.165) is 12.1 Å². The van der Waals surface area contributed by atoms with Crippen molar-refractivity contribution in [2.75, 3.05) is 0 Å². The van der Waals surface area contributed by atoms with Crippen molar-refractivity contribution in [3.63, 3.8) is 0 Å². The van der Waals surface area contributed by atoms with Crippen LogP contribution in [0.2, 0.25) is 0 Å². The van der Waals surface area contributed by atoms with Crippen LogP contribution in [0.5, 0.6) is 0 Å². The van der Waals surface area contributed by atoms with Crippen LogP contribution in [0.3, 0.4) is 0 Å². The molecule has 0 radical (unpaired) electrons. The van der Waals surface area contributed by atoms with Gasteiger partial charge in [-0.1, -0.05) is 6.92 Å². The summed E-state index contributed by atoms with van der Waals surface area (Å²) in [4.78, 5) is 15.0. The highest BCUT2D eigenvalue weighted by atomic mass is 16.2. The first kappa shape index (κ1) is 8.67. The molecule has 0 saturated heterocycles. The zero-order chi connectivity index (χ0) is 8.97. The number of carbonyl (C=O) groups excluding carboxylic acids is 1. The normalized spacial score (nSPS) is 9.50. The zero-order valence-corrected chi connectivity index (χ0v) is 6.87. The highest BCUT2D eigenvalue weighted by molar-refractivity contribution is 5.93. The lowest BCUT2D eigenvalue weighted by molar-refractivity contribution is 0.0953. The number of nitrogens with zero attached hydrogens (tertiary/aromatic N) is 1. The van der Waals surface area contributed by atoms with Gasteiger partial charge in [-0.25, -0.2) is 5.84 Å². The molecule has 3 N–H and O–H groups in total. The summed E-state index contributed by atoms with van der Waals surface area (Å²) in [5.41, 5.74) is 3.48. The number of hydrogen-bond donors (Lipinski definition) is 2. The van der Waals surface area contributed by atoms with Crippen molar-refractivity contribution >= 4 is 5.91 Å². The Labute approximate surface area is 70.8 Å². The molecule has 12 heavy (non-hydrogen) atoms. The molecule has 0 aliphatic carbocycles. The third-order valence-electron chi connectivity index (χ3n) is 1.58. The van der Waals surface area contributed by atoms with Gasteiger partial charge in [-0.05, 0) is 18.6 Å². The Morgan fingerprint density at radius 2 is 2.42 bits per heavy atom. The molecule has 0 aliphatic heterocycles. The number of aromatic nitrogens is 1. The predicted octanol–water partition coefficient (Wildman–Crippen LogP) is 0.247. The highest BCUT2D eigenvalue weighted by Crippen LogP contribution is 1.99. The highest BCUT2D eigenvalue weighted by Gasteiger charge is 2.02. The summed E-state index contributed by atoms with van der Waals surface area (Å²) < 4.78 is 0. The Balaban J connectivity index is 2.84. The molecular formula is C8H11N3O. The van der Waals surface area contributed by atoms with Crippen molar-refractivity contribution in [2.45, 2.75) is 13.3 Å². The first-order valence-electron chi connectivity index (χ1n) is 3.73. The summed E-state index contributed by atoms with van der Waals surface area (Å²) >= 11 is 0. The van der Waals surface area contributed by atoms with E-state index in [2.05, 4.69) is 4.98 Å². The maximum atomic E-state index is 10.9. The van der Waals surface area contributed by atoms with Gasteiger partial charge in [0.2, 0.25) is 0 Å². The standard InChI is InChI=1S/C8H11N3O/c1-2-7-4-3-6(5-10-7)8(12)11-9/h3-5H,2,9H2,1H3,(H,11,12). The number of nitrogen functional groups attached to an aromatic ring is 1. The molecule has 1 aromatic rings. The van der Waals surface area contributed by atoms with Crippen LogP contribution in [-0.2, 0) is 6.42 Å². The van der Waals surface area contributed by atoms with Gasteiger partial charge in [0.15, 0.2) is 0 Å². The SMILES string of the molecule is CCc1ccc(C(=O)NN)cn1. The van der Waals surface area contributed by atoms with Crippen LogP contribution in [-0.4, -0.2) is 10.9 Å². The summed E-state index contributed by atoms with van der Waals surface area (Å²) in [5.74, 6) is 4.63. The summed E-state index contributed by atoms with van der Waals surface area (Å²) in [5, 5.41) is 0. The van der Waals surface area contributed by atoms with Crippen molar-refractivity contribution in [1.82, 2.24) is 10.4 Å². The van der Waals surface area contributed by atoms with Gasteiger partial charge in [0, 0.05) is 11.9 Å². The van der Waals surface area contributed by atoms with Gasteiger partial charge < -0.3 is 0 Å². The van der Waals surface area contributed by atoms with Crippen LogP contribution in [0, 0.1) is 0 Å². The summed E-state index contributed by atoms with van der Waals surface area (Å²) in [6.45, 7) is 2.00. The Morgan fingerprint density at radius 1 is 1.67 bits per heavy atom. The van der Waals surface area contributed by atoms with E-state index in [-0.39, 0.29) is 5.91 Å². The lowest BCUT2D eigenvalue weighted by Crippen LogP contribution is -2.30. The van der Waals surface area contributed by atoms with Crippen LogP contribution in [0.15, 0.2) is 18.3 Å². The molecule has 0 unspecified atom stereocenters. The fraction of sp³-hybridized carbons (Fsp3) is 0.250. The van der Waals surface area contributed by atoms with Gasteiger partial charge in [-0.15, -0.1) is 0 Å². The van der Waals surface area contributed by atoms with Gasteiger partial charge in [-0.2, -0.15) is 0 Å². The summed E-state index contributed by atoms with van der Waals surface area (Å²) in [6.07, 6.45) is 2.38. The van der Waals surface area contributed by atoms with E-state index in [1.807, 2.05) is 18.4 Å². The summed E-state index contributed by atoms with van der Waals surface area (Å²) in [7, 11) is 0. The lowest BCUT2D eigenvalue weighted by atomic mass is 10.2. The van der Waals surface area contributed by atoms with Crippen molar-refractivity contribution in [3.8, 4) is 0 Å². The number of amides is 1. The molecule has 4 heteroatoms. The lowest BCUT2D eigenvalue weighted by Gasteiger charge is -1.99. The summed E-state index contributed by atoms with van der Waals surface area (Å²) in [6, 6.07) is 3.51. The molecule has 0 bridgehead atoms. The van der Waals surface area contributed by atoms with Gasteiger partial charge in [-0.3, -0.25) is 15.2 Å². The minimum absolute atomic E-state index is 0.315. The fourth-order valence-corrected chi connectivity index (χ4v) is 0.851. The monoisotopic (exact) mass is 165 g/mol. The largest absolute Gasteiger partial charge is 0.290 e.